The number of rotatable bonds is 5. The molecule has 0 spiro atoms. The molecule has 0 bridgehead atoms. The molecule has 1 fully saturated rings. The van der Waals surface area contributed by atoms with E-state index in [1.807, 2.05) is 0 Å². The van der Waals surface area contributed by atoms with Gasteiger partial charge in [0.25, 0.3) is 15.9 Å². The Morgan fingerprint density at radius 1 is 1.27 bits per heavy atom. The molecule has 1 saturated heterocycles. The van der Waals surface area contributed by atoms with Crippen molar-refractivity contribution >= 4 is 58.7 Å². The van der Waals surface area contributed by atoms with Gasteiger partial charge >= 0.3 is 0 Å². The third-order valence-electron chi connectivity index (χ3n) is 5.36. The molecule has 1 atom stereocenters. The molecule has 0 saturated carbocycles. The van der Waals surface area contributed by atoms with Gasteiger partial charge in [-0.2, -0.15) is 9.30 Å². The number of fused-ring (bicyclic) bond motifs is 1. The van der Waals surface area contributed by atoms with Crippen molar-refractivity contribution in [3.63, 3.8) is 0 Å². The second kappa shape index (κ2) is 9.15. The van der Waals surface area contributed by atoms with Gasteiger partial charge in [0.1, 0.15) is 4.21 Å². The van der Waals surface area contributed by atoms with Gasteiger partial charge in [-0.3, -0.25) is 4.79 Å². The van der Waals surface area contributed by atoms with Crippen molar-refractivity contribution in [2.45, 2.75) is 28.5 Å². The van der Waals surface area contributed by atoms with E-state index in [4.69, 9.17) is 6.42 Å². The van der Waals surface area contributed by atoms with Crippen LogP contribution in [0.5, 0.6) is 0 Å². The van der Waals surface area contributed by atoms with Gasteiger partial charge in [0.05, 0.1) is 27.6 Å². The number of hydrogen-bond acceptors (Lipinski definition) is 7. The Bertz CT molecular complexity index is 1520. The van der Waals surface area contributed by atoms with Crippen LogP contribution in [0.2, 0.25) is 0 Å². The molecule has 1 amide bonds. The Hall–Kier alpha value is -2.30. The monoisotopic (exact) mass is 523 g/mol. The predicted octanol–water partition coefficient (Wildman–Crippen LogP) is 2.33. The molecule has 174 valence electrons. The van der Waals surface area contributed by atoms with Crippen molar-refractivity contribution < 1.29 is 21.6 Å². The molecule has 8 nitrogen and oxygen atoms in total. The first-order valence-corrected chi connectivity index (χ1v) is 15.0. The number of terminal acetylenes is 1. The molecule has 3 aromatic rings. The summed E-state index contributed by atoms with van der Waals surface area (Å²) in [6.45, 7) is 0.590. The molecule has 4 rings (SSSR count). The summed E-state index contributed by atoms with van der Waals surface area (Å²) in [7, 11) is -7.03. The second-order valence-corrected chi connectivity index (χ2v) is 13.8. The van der Waals surface area contributed by atoms with Crippen molar-refractivity contribution in [2.75, 3.05) is 19.3 Å². The van der Waals surface area contributed by atoms with Gasteiger partial charge in [-0.1, -0.05) is 23.3 Å². The van der Waals surface area contributed by atoms with Crippen molar-refractivity contribution in [1.82, 2.24) is 8.87 Å². The highest BCUT2D eigenvalue weighted by molar-refractivity contribution is 7.91. The molecule has 1 unspecified atom stereocenters. The van der Waals surface area contributed by atoms with Crippen LogP contribution in [0.15, 0.2) is 49.8 Å². The summed E-state index contributed by atoms with van der Waals surface area (Å²) >= 11 is 2.32. The lowest BCUT2D eigenvalue weighted by molar-refractivity contribution is -0.122. The predicted molar refractivity (Wildman–Crippen MR) is 128 cm³/mol. The zero-order valence-corrected chi connectivity index (χ0v) is 20.9. The first-order chi connectivity index (χ1) is 15.6. The maximum absolute atomic E-state index is 13.0. The second-order valence-electron chi connectivity index (χ2n) is 7.66. The number of aromatic nitrogens is 1. The maximum atomic E-state index is 13.0. The van der Waals surface area contributed by atoms with Crippen LogP contribution in [-0.2, 0) is 31.2 Å². The minimum absolute atomic E-state index is 0.0703. The van der Waals surface area contributed by atoms with E-state index in [1.165, 1.54) is 21.7 Å². The molecule has 33 heavy (non-hydrogen) atoms. The molecule has 0 aliphatic carbocycles. The van der Waals surface area contributed by atoms with Crippen LogP contribution >= 0.6 is 22.7 Å². The molecule has 0 radical (unpaired) electrons. The number of sulfonamides is 1. The number of sulfone groups is 1. The third kappa shape index (κ3) is 4.83. The van der Waals surface area contributed by atoms with Crippen molar-refractivity contribution in [1.29, 1.82) is 0 Å². The maximum Gasteiger partial charge on any atom is 0.252 e. The lowest BCUT2D eigenvalue weighted by Crippen LogP contribution is -2.42. The molecule has 0 N–H and O–H groups in total. The third-order valence-corrected chi connectivity index (χ3v) is 10.7. The van der Waals surface area contributed by atoms with E-state index in [2.05, 4.69) is 10.9 Å². The van der Waals surface area contributed by atoms with Crippen LogP contribution in [0.1, 0.15) is 12.8 Å². The Kier molecular flexibility index (Phi) is 6.61. The van der Waals surface area contributed by atoms with E-state index in [0.717, 1.165) is 17.6 Å². The van der Waals surface area contributed by atoms with Gasteiger partial charge in [0.15, 0.2) is 14.6 Å². The summed E-state index contributed by atoms with van der Waals surface area (Å²) in [5, 5.41) is 1.70. The van der Waals surface area contributed by atoms with Crippen LogP contribution in [0, 0.1) is 18.3 Å². The van der Waals surface area contributed by atoms with Crippen molar-refractivity contribution in [2.24, 2.45) is 10.9 Å². The van der Waals surface area contributed by atoms with Crippen molar-refractivity contribution in [3.8, 4) is 12.3 Å². The largest absolute Gasteiger partial charge is 0.305 e. The molecule has 1 aromatic carbocycles. The highest BCUT2D eigenvalue weighted by atomic mass is 32.2. The van der Waals surface area contributed by atoms with Crippen LogP contribution in [0.4, 0.5) is 0 Å². The topological polar surface area (TPSA) is 106 Å². The minimum Gasteiger partial charge on any atom is -0.305 e. The number of amides is 1. The number of carbonyl (C=O) groups is 1. The number of piperidine rings is 1. The van der Waals surface area contributed by atoms with Gasteiger partial charge in [0.2, 0.25) is 0 Å². The fourth-order valence-electron chi connectivity index (χ4n) is 3.70. The van der Waals surface area contributed by atoms with Gasteiger partial charge in [-0.15, -0.1) is 17.8 Å². The Labute approximate surface area is 200 Å². The fourth-order valence-corrected chi connectivity index (χ4v) is 8.16. The first kappa shape index (κ1) is 23.8. The van der Waals surface area contributed by atoms with E-state index < -0.39 is 31.7 Å². The average molecular weight is 524 g/mol. The molecular weight excluding hydrogens is 503 g/mol. The van der Waals surface area contributed by atoms with Gasteiger partial charge in [-0.25, -0.2) is 16.8 Å². The number of thiazole rings is 1. The fraction of sp³-hybridized carbons (Fsp3) is 0.333. The molecular formula is C21H21N3O5S4. The first-order valence-electron chi connectivity index (χ1n) is 10.0. The van der Waals surface area contributed by atoms with Crippen LogP contribution in [-0.4, -0.2) is 51.0 Å². The standard InChI is InChI=1S/C21H21N3O5S4/c1-3-10-24-17-9-8-16(32(2,26)27)13-18(17)31-21(24)22-20(25)15-6-4-11-23(14-15)33(28,29)19-7-5-12-30-19/h1,5,7-9,12-13,15H,4,6,10-11,14H2,2H3. The van der Waals surface area contributed by atoms with E-state index >= 15 is 0 Å². The molecule has 1 aliphatic rings. The summed E-state index contributed by atoms with van der Waals surface area (Å²) in [5.41, 5.74) is 0.683. The molecule has 3 heterocycles. The number of benzene rings is 1. The number of hydrogen-bond donors (Lipinski definition) is 0. The van der Waals surface area contributed by atoms with Gasteiger partial charge in [0, 0.05) is 19.3 Å². The van der Waals surface area contributed by atoms with Crippen LogP contribution in [0.3, 0.4) is 0 Å². The summed E-state index contributed by atoms with van der Waals surface area (Å²) in [5.74, 6) is 1.56. The Balaban J connectivity index is 1.68. The van der Waals surface area contributed by atoms with E-state index in [9.17, 15) is 21.6 Å². The summed E-state index contributed by atoms with van der Waals surface area (Å²) in [6.07, 6.45) is 7.73. The highest BCUT2D eigenvalue weighted by Gasteiger charge is 2.33. The van der Waals surface area contributed by atoms with Crippen molar-refractivity contribution in [3.05, 3.63) is 40.5 Å². The Morgan fingerprint density at radius 3 is 2.73 bits per heavy atom. The lowest BCUT2D eigenvalue weighted by atomic mass is 9.99. The van der Waals surface area contributed by atoms with Gasteiger partial charge in [-0.05, 0) is 42.5 Å². The Morgan fingerprint density at radius 2 is 2.06 bits per heavy atom. The highest BCUT2D eigenvalue weighted by Crippen LogP contribution is 2.27. The van der Waals surface area contributed by atoms with E-state index in [-0.39, 0.29) is 22.2 Å². The summed E-state index contributed by atoms with van der Waals surface area (Å²) < 4.78 is 53.5. The molecule has 2 aromatic heterocycles. The van der Waals surface area contributed by atoms with E-state index in [1.54, 1.807) is 34.2 Å². The smallest absolute Gasteiger partial charge is 0.252 e. The number of nitrogens with zero attached hydrogens (tertiary/aromatic N) is 3. The minimum atomic E-state index is -3.64. The van der Waals surface area contributed by atoms with Gasteiger partial charge < -0.3 is 4.57 Å². The molecule has 12 heteroatoms. The zero-order valence-electron chi connectivity index (χ0n) is 17.7. The van der Waals surface area contributed by atoms with E-state index in [0.29, 0.717) is 34.4 Å². The zero-order chi connectivity index (χ0) is 23.8. The number of thiophene rings is 1. The average Bonchev–Trinajstić information content (AvgIpc) is 3.42. The normalized spacial score (nSPS) is 18.4. The van der Waals surface area contributed by atoms with Crippen LogP contribution < -0.4 is 4.80 Å². The quantitative estimate of drug-likeness (QED) is 0.477. The van der Waals surface area contributed by atoms with Crippen LogP contribution in [0.25, 0.3) is 10.2 Å². The molecule has 1 aliphatic heterocycles. The number of carbonyl (C=O) groups excluding carboxylic acids is 1. The summed E-state index contributed by atoms with van der Waals surface area (Å²) in [4.78, 5) is 17.9. The lowest BCUT2D eigenvalue weighted by Gasteiger charge is -2.29. The summed E-state index contributed by atoms with van der Waals surface area (Å²) in [6, 6.07) is 7.93. The SMILES string of the molecule is C#CCn1c(=NC(=O)C2CCCN(S(=O)(=O)c3cccs3)C2)sc2cc(S(C)(=O)=O)ccc21.